The lowest BCUT2D eigenvalue weighted by atomic mass is 10.1. The largest absolute Gasteiger partial charge is 0.389 e. The van der Waals surface area contributed by atoms with Gasteiger partial charge in [0.2, 0.25) is 0 Å². The van der Waals surface area contributed by atoms with Gasteiger partial charge in [0.05, 0.1) is 11.8 Å². The Morgan fingerprint density at radius 3 is 2.71 bits per heavy atom. The van der Waals surface area contributed by atoms with Gasteiger partial charge < -0.3 is 14.9 Å². The monoisotopic (exact) mass is 284 g/mol. The number of anilines is 1. The quantitative estimate of drug-likeness (QED) is 0.766. The van der Waals surface area contributed by atoms with Crippen molar-refractivity contribution < 1.29 is 9.63 Å². The lowest BCUT2D eigenvalue weighted by molar-refractivity contribution is 0.199. The molecule has 0 spiro atoms. The summed E-state index contributed by atoms with van der Waals surface area (Å²) in [6.07, 6.45) is 0.999. The fraction of sp³-hybridized carbons (Fsp3) is 0.267. The standard InChI is InChI=1S/C15H16N4O2/c1-9-13-14(17-8-18-15(13)21-19-9)16-7-11-3-5-12(6-4-11)10(2)20/h3-6,8,10,20H,7H2,1-2H3,(H,16,17,18). The minimum Gasteiger partial charge on any atom is -0.389 e. The van der Waals surface area contributed by atoms with Crippen LogP contribution in [-0.2, 0) is 6.54 Å². The zero-order valence-electron chi connectivity index (χ0n) is 11.9. The number of aryl methyl sites for hydroxylation is 1. The molecule has 0 amide bonds. The highest BCUT2D eigenvalue weighted by atomic mass is 16.5. The van der Waals surface area contributed by atoms with E-state index in [2.05, 4.69) is 20.4 Å². The summed E-state index contributed by atoms with van der Waals surface area (Å²) in [5, 5.41) is 17.5. The SMILES string of the molecule is Cc1noc2ncnc(NCc3ccc(C(C)O)cc3)c12. The summed E-state index contributed by atoms with van der Waals surface area (Å²) in [6.45, 7) is 4.23. The Morgan fingerprint density at radius 1 is 1.24 bits per heavy atom. The summed E-state index contributed by atoms with van der Waals surface area (Å²) in [7, 11) is 0. The smallest absolute Gasteiger partial charge is 0.263 e. The molecule has 0 fully saturated rings. The summed E-state index contributed by atoms with van der Waals surface area (Å²) in [5.74, 6) is 0.707. The van der Waals surface area contributed by atoms with Crippen molar-refractivity contribution in [2.45, 2.75) is 26.5 Å². The number of nitrogens with one attached hydrogen (secondary N) is 1. The van der Waals surface area contributed by atoms with Crippen molar-refractivity contribution in [3.05, 3.63) is 47.4 Å². The van der Waals surface area contributed by atoms with Crippen molar-refractivity contribution in [2.24, 2.45) is 0 Å². The Hall–Kier alpha value is -2.47. The molecule has 0 saturated heterocycles. The summed E-state index contributed by atoms with van der Waals surface area (Å²) in [6, 6.07) is 7.80. The van der Waals surface area contributed by atoms with E-state index in [4.69, 9.17) is 4.52 Å². The van der Waals surface area contributed by atoms with Crippen LogP contribution in [0.5, 0.6) is 0 Å². The van der Waals surface area contributed by atoms with Gasteiger partial charge >= 0.3 is 0 Å². The number of aromatic nitrogens is 3. The van der Waals surface area contributed by atoms with Gasteiger partial charge in [-0.05, 0) is 25.0 Å². The van der Waals surface area contributed by atoms with E-state index in [0.29, 0.717) is 18.1 Å². The third kappa shape index (κ3) is 2.71. The Morgan fingerprint density at radius 2 is 2.00 bits per heavy atom. The fourth-order valence-corrected chi connectivity index (χ4v) is 2.16. The van der Waals surface area contributed by atoms with Gasteiger partial charge in [-0.1, -0.05) is 29.4 Å². The van der Waals surface area contributed by atoms with E-state index in [-0.39, 0.29) is 0 Å². The molecule has 6 nitrogen and oxygen atoms in total. The molecule has 0 radical (unpaired) electrons. The average Bonchev–Trinajstić information content (AvgIpc) is 2.88. The van der Waals surface area contributed by atoms with Crippen LogP contribution in [0.3, 0.4) is 0 Å². The molecule has 1 aromatic carbocycles. The van der Waals surface area contributed by atoms with Gasteiger partial charge in [0, 0.05) is 6.54 Å². The van der Waals surface area contributed by atoms with E-state index in [0.717, 1.165) is 22.2 Å². The van der Waals surface area contributed by atoms with Crippen LogP contribution in [0, 0.1) is 6.92 Å². The highest BCUT2D eigenvalue weighted by molar-refractivity contribution is 5.87. The first-order valence-corrected chi connectivity index (χ1v) is 6.73. The molecular formula is C15H16N4O2. The molecule has 0 aliphatic carbocycles. The van der Waals surface area contributed by atoms with E-state index in [9.17, 15) is 5.11 Å². The zero-order valence-corrected chi connectivity index (χ0v) is 11.9. The third-order valence-corrected chi connectivity index (χ3v) is 3.37. The molecule has 1 unspecified atom stereocenters. The van der Waals surface area contributed by atoms with Crippen molar-refractivity contribution in [2.75, 3.05) is 5.32 Å². The lowest BCUT2D eigenvalue weighted by Crippen LogP contribution is -2.03. The van der Waals surface area contributed by atoms with Gasteiger partial charge in [-0.25, -0.2) is 4.98 Å². The van der Waals surface area contributed by atoms with Crippen LogP contribution in [0.2, 0.25) is 0 Å². The Bertz CT molecular complexity index is 750. The summed E-state index contributed by atoms with van der Waals surface area (Å²) < 4.78 is 5.11. The van der Waals surface area contributed by atoms with Crippen molar-refractivity contribution in [1.82, 2.24) is 15.1 Å². The van der Waals surface area contributed by atoms with Gasteiger partial charge in [0.1, 0.15) is 17.5 Å². The Balaban J connectivity index is 1.78. The van der Waals surface area contributed by atoms with E-state index < -0.39 is 6.10 Å². The van der Waals surface area contributed by atoms with E-state index >= 15 is 0 Å². The van der Waals surface area contributed by atoms with E-state index in [1.165, 1.54) is 6.33 Å². The molecule has 2 N–H and O–H groups in total. The van der Waals surface area contributed by atoms with Gasteiger partial charge in [0.15, 0.2) is 0 Å². The van der Waals surface area contributed by atoms with Crippen LogP contribution in [0.25, 0.3) is 11.1 Å². The number of fused-ring (bicyclic) bond motifs is 1. The van der Waals surface area contributed by atoms with Crippen LogP contribution >= 0.6 is 0 Å². The molecule has 1 atom stereocenters. The number of nitrogens with zero attached hydrogens (tertiary/aromatic N) is 3. The fourth-order valence-electron chi connectivity index (χ4n) is 2.16. The predicted molar refractivity (Wildman–Crippen MR) is 78.7 cm³/mol. The van der Waals surface area contributed by atoms with Crippen LogP contribution < -0.4 is 5.32 Å². The highest BCUT2D eigenvalue weighted by Crippen LogP contribution is 2.23. The third-order valence-electron chi connectivity index (χ3n) is 3.37. The van der Waals surface area contributed by atoms with Crippen molar-refractivity contribution in [1.29, 1.82) is 0 Å². The molecule has 0 bridgehead atoms. The first-order chi connectivity index (χ1) is 10.1. The molecule has 21 heavy (non-hydrogen) atoms. The average molecular weight is 284 g/mol. The molecule has 6 heteroatoms. The first kappa shape index (κ1) is 13.5. The second-order valence-corrected chi connectivity index (χ2v) is 4.94. The molecule has 3 aromatic rings. The number of aliphatic hydroxyl groups excluding tert-OH is 1. The highest BCUT2D eigenvalue weighted by Gasteiger charge is 2.11. The van der Waals surface area contributed by atoms with Crippen LogP contribution in [0.15, 0.2) is 35.1 Å². The number of aliphatic hydroxyl groups is 1. The van der Waals surface area contributed by atoms with E-state index in [1.807, 2.05) is 31.2 Å². The molecule has 0 aliphatic rings. The maximum absolute atomic E-state index is 9.50. The van der Waals surface area contributed by atoms with Gasteiger partial charge in [-0.15, -0.1) is 0 Å². The van der Waals surface area contributed by atoms with Crippen molar-refractivity contribution >= 4 is 16.9 Å². The van der Waals surface area contributed by atoms with Crippen molar-refractivity contribution in [3.63, 3.8) is 0 Å². The number of benzene rings is 1. The lowest BCUT2D eigenvalue weighted by Gasteiger charge is -2.08. The van der Waals surface area contributed by atoms with Gasteiger partial charge in [0.25, 0.3) is 5.71 Å². The molecular weight excluding hydrogens is 268 g/mol. The molecule has 2 heterocycles. The minimum atomic E-state index is -0.451. The summed E-state index contributed by atoms with van der Waals surface area (Å²) in [4.78, 5) is 8.28. The number of hydrogen-bond donors (Lipinski definition) is 2. The van der Waals surface area contributed by atoms with E-state index in [1.54, 1.807) is 6.92 Å². The Labute approximate surface area is 121 Å². The van der Waals surface area contributed by atoms with Crippen LogP contribution in [0.1, 0.15) is 29.8 Å². The zero-order chi connectivity index (χ0) is 14.8. The maximum atomic E-state index is 9.50. The predicted octanol–water partition coefficient (Wildman–Crippen LogP) is 2.59. The normalized spacial score (nSPS) is 12.5. The van der Waals surface area contributed by atoms with Gasteiger partial charge in [-0.2, -0.15) is 4.98 Å². The van der Waals surface area contributed by atoms with Crippen LogP contribution in [0.4, 0.5) is 5.82 Å². The number of rotatable bonds is 4. The second kappa shape index (κ2) is 5.49. The molecule has 108 valence electrons. The van der Waals surface area contributed by atoms with Gasteiger partial charge in [-0.3, -0.25) is 0 Å². The summed E-state index contributed by atoms with van der Waals surface area (Å²) >= 11 is 0. The minimum absolute atomic E-state index is 0.451. The maximum Gasteiger partial charge on any atom is 0.263 e. The van der Waals surface area contributed by atoms with Crippen LogP contribution in [-0.4, -0.2) is 20.2 Å². The molecule has 2 aromatic heterocycles. The molecule has 0 aliphatic heterocycles. The Kier molecular flexibility index (Phi) is 3.53. The first-order valence-electron chi connectivity index (χ1n) is 6.73. The van der Waals surface area contributed by atoms with Crippen molar-refractivity contribution in [3.8, 4) is 0 Å². The topological polar surface area (TPSA) is 84.1 Å². The second-order valence-electron chi connectivity index (χ2n) is 4.94. The summed E-state index contributed by atoms with van der Waals surface area (Å²) in [5.41, 5.74) is 3.24. The molecule has 3 rings (SSSR count). The number of hydrogen-bond acceptors (Lipinski definition) is 6. The molecule has 0 saturated carbocycles.